The molecule has 0 saturated carbocycles. The minimum Gasteiger partial charge on any atom is -0.383 e. The van der Waals surface area contributed by atoms with Gasteiger partial charge in [-0.3, -0.25) is 0 Å². The fraction of sp³-hybridized carbons (Fsp3) is 1.00. The predicted molar refractivity (Wildman–Crippen MR) is 72.2 cm³/mol. The van der Waals surface area contributed by atoms with Crippen molar-refractivity contribution in [2.75, 3.05) is 39.9 Å². The molecule has 4 heteroatoms. The molecule has 0 aromatic carbocycles. The molecule has 0 aromatic heterocycles. The molecule has 17 heavy (non-hydrogen) atoms. The van der Waals surface area contributed by atoms with Gasteiger partial charge < -0.3 is 20.7 Å². The van der Waals surface area contributed by atoms with Crippen LogP contribution in [-0.4, -0.2) is 56.9 Å². The number of hydrogen-bond donors (Lipinski definition) is 2. The number of piperidine rings is 1. The van der Waals surface area contributed by atoms with Crippen molar-refractivity contribution in [2.45, 2.75) is 44.7 Å². The Bertz CT molecular complexity index is 182. The molecule has 0 bridgehead atoms. The zero-order chi connectivity index (χ0) is 12.5. The topological polar surface area (TPSA) is 50.5 Å². The van der Waals surface area contributed by atoms with Crippen LogP contribution in [0.4, 0.5) is 0 Å². The highest BCUT2D eigenvalue weighted by Gasteiger charge is 2.20. The van der Waals surface area contributed by atoms with E-state index in [1.807, 2.05) is 0 Å². The van der Waals surface area contributed by atoms with Crippen LogP contribution in [-0.2, 0) is 4.74 Å². The molecule has 1 rings (SSSR count). The molecule has 102 valence electrons. The van der Waals surface area contributed by atoms with E-state index in [1.165, 1.54) is 32.5 Å². The summed E-state index contributed by atoms with van der Waals surface area (Å²) in [6.45, 7) is 7.45. The number of likely N-dealkylation sites (tertiary alicyclic amines) is 1. The normalized spacial score (nSPS) is 20.6. The van der Waals surface area contributed by atoms with E-state index in [9.17, 15) is 0 Å². The average molecular weight is 243 g/mol. The summed E-state index contributed by atoms with van der Waals surface area (Å²) in [4.78, 5) is 2.52. The van der Waals surface area contributed by atoms with Crippen LogP contribution in [0.15, 0.2) is 0 Å². The molecule has 0 amide bonds. The van der Waals surface area contributed by atoms with Gasteiger partial charge in [0.05, 0.1) is 6.61 Å². The molecule has 1 aliphatic rings. The lowest BCUT2D eigenvalue weighted by Gasteiger charge is -2.34. The first kappa shape index (κ1) is 14.9. The lowest BCUT2D eigenvalue weighted by atomic mass is 10.0. The second-order valence-electron chi connectivity index (χ2n) is 4.96. The van der Waals surface area contributed by atoms with Crippen molar-refractivity contribution in [1.29, 1.82) is 0 Å². The van der Waals surface area contributed by atoms with Crippen molar-refractivity contribution in [3.8, 4) is 0 Å². The molecule has 1 fully saturated rings. The molecule has 1 aliphatic heterocycles. The molecule has 3 N–H and O–H groups in total. The predicted octanol–water partition coefficient (Wildman–Crippen LogP) is 0.814. The van der Waals surface area contributed by atoms with E-state index in [-0.39, 0.29) is 0 Å². The maximum atomic E-state index is 5.57. The summed E-state index contributed by atoms with van der Waals surface area (Å²) in [6.07, 6.45) is 4.72. The van der Waals surface area contributed by atoms with Crippen LogP contribution in [0.3, 0.4) is 0 Å². The Morgan fingerprint density at radius 1 is 1.41 bits per heavy atom. The van der Waals surface area contributed by atoms with E-state index in [4.69, 9.17) is 10.5 Å². The number of hydrogen-bond acceptors (Lipinski definition) is 4. The summed E-state index contributed by atoms with van der Waals surface area (Å²) in [5, 5.41) is 3.73. The number of nitrogens with two attached hydrogens (primary N) is 1. The summed E-state index contributed by atoms with van der Waals surface area (Å²) in [5.74, 6) is 0. The molecule has 0 spiro atoms. The lowest BCUT2D eigenvalue weighted by Crippen LogP contribution is -2.47. The Kier molecular flexibility index (Phi) is 7.77. The van der Waals surface area contributed by atoms with Crippen molar-refractivity contribution in [3.05, 3.63) is 0 Å². The van der Waals surface area contributed by atoms with E-state index in [1.54, 1.807) is 7.11 Å². The molecule has 4 nitrogen and oxygen atoms in total. The lowest BCUT2D eigenvalue weighted by molar-refractivity contribution is 0.139. The molecular weight excluding hydrogens is 214 g/mol. The molecule has 1 saturated heterocycles. The molecule has 1 atom stereocenters. The first-order valence-electron chi connectivity index (χ1n) is 6.97. The number of nitrogens with zero attached hydrogens (tertiary/aromatic N) is 1. The van der Waals surface area contributed by atoms with Gasteiger partial charge in [-0.15, -0.1) is 0 Å². The molecule has 0 aromatic rings. The largest absolute Gasteiger partial charge is 0.383 e. The van der Waals surface area contributed by atoms with Gasteiger partial charge in [0.25, 0.3) is 0 Å². The van der Waals surface area contributed by atoms with Crippen molar-refractivity contribution in [1.82, 2.24) is 10.2 Å². The SMILES string of the molecule is CCN1CCC(NC(CCCN)COC)CC1. The first-order chi connectivity index (χ1) is 8.30. The fourth-order valence-electron chi connectivity index (χ4n) is 2.53. The summed E-state index contributed by atoms with van der Waals surface area (Å²) in [7, 11) is 1.77. The van der Waals surface area contributed by atoms with Crippen molar-refractivity contribution >= 4 is 0 Å². The molecule has 1 heterocycles. The van der Waals surface area contributed by atoms with Gasteiger partial charge in [0.1, 0.15) is 0 Å². The van der Waals surface area contributed by atoms with Gasteiger partial charge in [0.2, 0.25) is 0 Å². The minimum absolute atomic E-state index is 0.474. The van der Waals surface area contributed by atoms with Gasteiger partial charge >= 0.3 is 0 Å². The Morgan fingerprint density at radius 2 is 2.12 bits per heavy atom. The highest BCUT2D eigenvalue weighted by atomic mass is 16.5. The van der Waals surface area contributed by atoms with E-state index in [0.29, 0.717) is 12.1 Å². The minimum atomic E-state index is 0.474. The number of rotatable bonds is 8. The van der Waals surface area contributed by atoms with Crippen molar-refractivity contribution in [3.63, 3.8) is 0 Å². The Morgan fingerprint density at radius 3 is 2.65 bits per heavy atom. The number of nitrogens with one attached hydrogen (secondary N) is 1. The van der Waals surface area contributed by atoms with E-state index >= 15 is 0 Å². The van der Waals surface area contributed by atoms with Gasteiger partial charge in [-0.1, -0.05) is 6.92 Å². The van der Waals surface area contributed by atoms with Crippen LogP contribution in [0.2, 0.25) is 0 Å². The fourth-order valence-corrected chi connectivity index (χ4v) is 2.53. The van der Waals surface area contributed by atoms with Crippen LogP contribution in [0.25, 0.3) is 0 Å². The first-order valence-corrected chi connectivity index (χ1v) is 6.97. The zero-order valence-electron chi connectivity index (χ0n) is 11.5. The molecule has 0 radical (unpaired) electrons. The third kappa shape index (κ3) is 5.82. The second-order valence-corrected chi connectivity index (χ2v) is 4.96. The van der Waals surface area contributed by atoms with E-state index in [0.717, 1.165) is 26.0 Å². The van der Waals surface area contributed by atoms with Crippen molar-refractivity contribution < 1.29 is 4.74 Å². The van der Waals surface area contributed by atoms with Gasteiger partial charge in [-0.2, -0.15) is 0 Å². The number of methoxy groups -OCH3 is 1. The van der Waals surface area contributed by atoms with Crippen molar-refractivity contribution in [2.24, 2.45) is 5.73 Å². The van der Waals surface area contributed by atoms with Crippen LogP contribution in [0, 0.1) is 0 Å². The second kappa shape index (κ2) is 8.86. The summed E-state index contributed by atoms with van der Waals surface area (Å²) in [5.41, 5.74) is 5.57. The van der Waals surface area contributed by atoms with Gasteiger partial charge in [0, 0.05) is 19.2 Å². The summed E-state index contributed by atoms with van der Waals surface area (Å²) >= 11 is 0. The van der Waals surface area contributed by atoms with Crippen LogP contribution in [0.1, 0.15) is 32.6 Å². The quantitative estimate of drug-likeness (QED) is 0.662. The highest BCUT2D eigenvalue weighted by Crippen LogP contribution is 2.11. The molecule has 0 aliphatic carbocycles. The van der Waals surface area contributed by atoms with Crippen LogP contribution >= 0.6 is 0 Å². The Balaban J connectivity index is 2.24. The van der Waals surface area contributed by atoms with Crippen LogP contribution in [0.5, 0.6) is 0 Å². The number of ether oxygens (including phenoxy) is 1. The maximum absolute atomic E-state index is 5.57. The smallest absolute Gasteiger partial charge is 0.0615 e. The van der Waals surface area contributed by atoms with Gasteiger partial charge in [0.15, 0.2) is 0 Å². The summed E-state index contributed by atoms with van der Waals surface area (Å²) in [6, 6.07) is 1.14. The highest BCUT2D eigenvalue weighted by molar-refractivity contribution is 4.80. The summed E-state index contributed by atoms with van der Waals surface area (Å²) < 4.78 is 5.27. The van der Waals surface area contributed by atoms with Gasteiger partial charge in [-0.25, -0.2) is 0 Å². The van der Waals surface area contributed by atoms with Crippen LogP contribution < -0.4 is 11.1 Å². The average Bonchev–Trinajstić information content (AvgIpc) is 2.37. The zero-order valence-corrected chi connectivity index (χ0v) is 11.5. The third-order valence-corrected chi connectivity index (χ3v) is 3.63. The maximum Gasteiger partial charge on any atom is 0.0615 e. The van der Waals surface area contributed by atoms with E-state index in [2.05, 4.69) is 17.1 Å². The Hall–Kier alpha value is -0.160. The third-order valence-electron chi connectivity index (χ3n) is 3.63. The monoisotopic (exact) mass is 243 g/mol. The van der Waals surface area contributed by atoms with Gasteiger partial charge in [-0.05, 0) is 51.9 Å². The van der Waals surface area contributed by atoms with E-state index < -0.39 is 0 Å². The molecule has 1 unspecified atom stereocenters. The molecular formula is C13H29N3O. The standard InChI is InChI=1S/C13H29N3O/c1-3-16-9-6-12(7-10-16)15-13(11-17-2)5-4-8-14/h12-13,15H,3-11,14H2,1-2H3. The Labute approximate surface area is 106 Å².